The number of para-hydroxylation sites is 2. The van der Waals surface area contributed by atoms with Crippen LogP contribution in [0, 0.1) is 13.8 Å². The fourth-order valence-corrected chi connectivity index (χ4v) is 8.85. The summed E-state index contributed by atoms with van der Waals surface area (Å²) in [5.74, 6) is 0. The summed E-state index contributed by atoms with van der Waals surface area (Å²) in [6.45, 7) is 4.50. The van der Waals surface area contributed by atoms with Gasteiger partial charge in [0.1, 0.15) is 0 Å². The first kappa shape index (κ1) is 36.6. The van der Waals surface area contributed by atoms with Crippen LogP contribution in [0.3, 0.4) is 0 Å². The van der Waals surface area contributed by atoms with Crippen LogP contribution in [0.5, 0.6) is 0 Å². The molecule has 0 fully saturated rings. The molecule has 286 valence electrons. The van der Waals surface area contributed by atoms with Gasteiger partial charge in [-0.25, -0.2) is 0 Å². The molecule has 0 N–H and O–H groups in total. The first-order chi connectivity index (χ1) is 29.6. The maximum atomic E-state index is 2.37. The molecule has 0 atom stereocenters. The first-order valence-electron chi connectivity index (χ1n) is 20.7. The van der Waals surface area contributed by atoms with Crippen LogP contribution in [0.1, 0.15) is 11.1 Å². The van der Waals surface area contributed by atoms with Gasteiger partial charge in [0.15, 0.2) is 0 Å². The highest BCUT2D eigenvalue weighted by Gasteiger charge is 2.24. The highest BCUT2D eigenvalue weighted by atomic mass is 15.0. The van der Waals surface area contributed by atoms with Gasteiger partial charge in [0, 0.05) is 46.0 Å². The maximum absolute atomic E-state index is 2.37. The van der Waals surface area contributed by atoms with Crippen LogP contribution in [0.25, 0.3) is 89.5 Å². The number of hydrogen-bond acceptors (Lipinski definition) is 0. The zero-order valence-electron chi connectivity index (χ0n) is 33.8. The molecule has 2 heteroatoms. The Morgan fingerprint density at radius 3 is 0.883 bits per heavy atom. The summed E-state index contributed by atoms with van der Waals surface area (Å²) >= 11 is 0. The Balaban J connectivity index is 1.10. The molecule has 60 heavy (non-hydrogen) atoms. The Hall–Kier alpha value is -7.68. The van der Waals surface area contributed by atoms with Crippen LogP contribution in [-0.4, -0.2) is 9.13 Å². The van der Waals surface area contributed by atoms with Crippen LogP contribution < -0.4 is 0 Å². The lowest BCUT2D eigenvalue weighted by molar-refractivity contribution is 1.09. The second-order valence-corrected chi connectivity index (χ2v) is 15.5. The van der Waals surface area contributed by atoms with Gasteiger partial charge in [-0.1, -0.05) is 194 Å². The van der Waals surface area contributed by atoms with Gasteiger partial charge >= 0.3 is 0 Å². The second kappa shape index (κ2) is 15.9. The molecular weight excluding hydrogens is 725 g/mol. The lowest BCUT2D eigenvalue weighted by Crippen LogP contribution is -1.95. The molecule has 2 aromatic heterocycles. The molecule has 0 amide bonds. The van der Waals surface area contributed by atoms with Gasteiger partial charge in [0.05, 0.1) is 11.4 Å². The van der Waals surface area contributed by atoms with Crippen molar-refractivity contribution in [1.29, 1.82) is 0 Å². The second-order valence-electron chi connectivity index (χ2n) is 15.5. The molecule has 8 aromatic carbocycles. The molecular formula is C58H44N2. The Labute approximate surface area is 353 Å². The van der Waals surface area contributed by atoms with Crippen molar-refractivity contribution < 1.29 is 0 Å². The summed E-state index contributed by atoms with van der Waals surface area (Å²) in [7, 11) is 0. The summed E-state index contributed by atoms with van der Waals surface area (Å²) in [6.07, 6.45) is 4.65. The highest BCUT2D eigenvalue weighted by Crippen LogP contribution is 2.46. The predicted molar refractivity (Wildman–Crippen MR) is 253 cm³/mol. The van der Waals surface area contributed by atoms with Crippen molar-refractivity contribution in [2.24, 2.45) is 0 Å². The third-order valence-electron chi connectivity index (χ3n) is 11.7. The van der Waals surface area contributed by atoms with Crippen LogP contribution in [0.2, 0.25) is 0 Å². The van der Waals surface area contributed by atoms with E-state index in [1.807, 2.05) is 0 Å². The summed E-state index contributed by atoms with van der Waals surface area (Å²) in [5, 5.41) is 0. The molecule has 0 saturated carbocycles. The minimum Gasteiger partial charge on any atom is -0.315 e. The minimum atomic E-state index is 1.13. The molecule has 0 aliphatic heterocycles. The topological polar surface area (TPSA) is 9.86 Å². The van der Waals surface area contributed by atoms with Crippen LogP contribution in [0.15, 0.2) is 231 Å². The van der Waals surface area contributed by atoms with E-state index in [2.05, 4.69) is 254 Å². The molecule has 0 aliphatic rings. The first-order valence-corrected chi connectivity index (χ1v) is 20.7. The number of benzene rings is 8. The van der Waals surface area contributed by atoms with Crippen molar-refractivity contribution in [2.75, 3.05) is 0 Å². The Bertz CT molecular complexity index is 2840. The van der Waals surface area contributed by atoms with Crippen LogP contribution >= 0.6 is 0 Å². The number of aryl methyl sites for hydroxylation is 2. The average Bonchev–Trinajstić information content (AvgIpc) is 3.92. The standard InChI is InChI=1S/C58H44N2/c1-41-37-47(53-39-59(49-29-17-7-18-30-49)57(45-25-13-5-14-26-45)55(53)43-21-9-3-10-22-43)33-35-51(41)52-36-34-48(38-42(52)2)54-40-60(50-31-19-8-20-32-50)58(46-27-15-6-16-28-46)56(54)44-23-11-4-12-24-44/h3-40H,1-2H3. The van der Waals surface area contributed by atoms with Crippen molar-refractivity contribution >= 4 is 0 Å². The Kier molecular flexibility index (Phi) is 9.73. The molecule has 0 radical (unpaired) electrons. The van der Waals surface area contributed by atoms with E-state index in [9.17, 15) is 0 Å². The van der Waals surface area contributed by atoms with Gasteiger partial charge in [-0.3, -0.25) is 0 Å². The van der Waals surface area contributed by atoms with E-state index in [1.54, 1.807) is 0 Å². The summed E-state index contributed by atoms with van der Waals surface area (Å²) in [4.78, 5) is 0. The van der Waals surface area contributed by atoms with Crippen molar-refractivity contribution in [3.8, 4) is 89.5 Å². The van der Waals surface area contributed by atoms with Crippen molar-refractivity contribution in [3.63, 3.8) is 0 Å². The lowest BCUT2D eigenvalue weighted by atomic mass is 9.89. The largest absolute Gasteiger partial charge is 0.315 e. The summed E-state index contributed by atoms with van der Waals surface area (Å²) in [6, 6.07) is 78.5. The van der Waals surface area contributed by atoms with Gasteiger partial charge in [-0.2, -0.15) is 0 Å². The molecule has 10 rings (SSSR count). The van der Waals surface area contributed by atoms with Crippen molar-refractivity contribution in [1.82, 2.24) is 9.13 Å². The number of nitrogens with zero attached hydrogens (tertiary/aromatic N) is 2. The summed E-state index contributed by atoms with van der Waals surface area (Å²) < 4.78 is 4.72. The van der Waals surface area contributed by atoms with Crippen LogP contribution in [0.4, 0.5) is 0 Å². The number of rotatable bonds is 9. The molecule has 10 aromatic rings. The Morgan fingerprint density at radius 2 is 0.567 bits per heavy atom. The molecule has 0 unspecified atom stereocenters. The minimum absolute atomic E-state index is 1.13. The molecule has 0 spiro atoms. The van der Waals surface area contributed by atoms with Gasteiger partial charge in [0.2, 0.25) is 0 Å². The zero-order chi connectivity index (χ0) is 40.4. The van der Waals surface area contributed by atoms with Gasteiger partial charge < -0.3 is 9.13 Å². The molecule has 2 heterocycles. The van der Waals surface area contributed by atoms with Gasteiger partial charge in [0.25, 0.3) is 0 Å². The smallest absolute Gasteiger partial charge is 0.0613 e. The SMILES string of the molecule is Cc1cc(-c2cn(-c3ccccc3)c(-c3ccccc3)c2-c2ccccc2)ccc1-c1ccc(-c2cn(-c3ccccc3)c(-c3ccccc3)c2-c2ccccc2)cc1C. The number of hydrogen-bond donors (Lipinski definition) is 0. The highest BCUT2D eigenvalue weighted by molar-refractivity contribution is 5.97. The maximum Gasteiger partial charge on any atom is 0.0613 e. The zero-order valence-corrected chi connectivity index (χ0v) is 33.8. The third-order valence-corrected chi connectivity index (χ3v) is 11.7. The molecule has 0 saturated heterocycles. The number of aromatic nitrogens is 2. The Morgan fingerprint density at radius 1 is 0.267 bits per heavy atom. The van der Waals surface area contributed by atoms with Gasteiger partial charge in [-0.15, -0.1) is 0 Å². The van der Waals surface area contributed by atoms with Gasteiger partial charge in [-0.05, 0) is 93.7 Å². The van der Waals surface area contributed by atoms with Crippen LogP contribution in [-0.2, 0) is 0 Å². The summed E-state index contributed by atoms with van der Waals surface area (Å²) in [5.41, 5.74) is 21.6. The van der Waals surface area contributed by atoms with E-state index in [1.165, 1.54) is 89.3 Å². The van der Waals surface area contributed by atoms with E-state index >= 15 is 0 Å². The normalized spacial score (nSPS) is 11.2. The molecule has 0 bridgehead atoms. The van der Waals surface area contributed by atoms with E-state index in [-0.39, 0.29) is 0 Å². The lowest BCUT2D eigenvalue weighted by Gasteiger charge is -2.15. The third kappa shape index (κ3) is 6.78. The fourth-order valence-electron chi connectivity index (χ4n) is 8.85. The van der Waals surface area contributed by atoms with Crippen molar-refractivity contribution in [2.45, 2.75) is 13.8 Å². The average molecular weight is 769 g/mol. The quantitative estimate of drug-likeness (QED) is 0.138. The van der Waals surface area contributed by atoms with E-state index < -0.39 is 0 Å². The molecule has 2 nitrogen and oxygen atoms in total. The fraction of sp³-hybridized carbons (Fsp3) is 0.0345. The predicted octanol–water partition coefficient (Wildman–Crippen LogP) is 15.6. The van der Waals surface area contributed by atoms with E-state index in [0.717, 1.165) is 11.4 Å². The van der Waals surface area contributed by atoms with Crippen molar-refractivity contribution in [3.05, 3.63) is 242 Å². The monoisotopic (exact) mass is 768 g/mol. The molecule has 0 aliphatic carbocycles. The van der Waals surface area contributed by atoms with E-state index in [0.29, 0.717) is 0 Å². The van der Waals surface area contributed by atoms with E-state index in [4.69, 9.17) is 0 Å².